The molecule has 0 aromatic heterocycles. The molecule has 2 rings (SSSR count). The predicted octanol–water partition coefficient (Wildman–Crippen LogP) is 5.06. The lowest BCUT2D eigenvalue weighted by Crippen LogP contribution is -2.54. The quantitative estimate of drug-likeness (QED) is 0.619. The zero-order valence-electron chi connectivity index (χ0n) is 19.3. The van der Waals surface area contributed by atoms with Crippen LogP contribution in [0.4, 0.5) is 0 Å². The summed E-state index contributed by atoms with van der Waals surface area (Å²) >= 11 is 6.00. The molecule has 168 valence electrons. The van der Waals surface area contributed by atoms with Gasteiger partial charge in [0.25, 0.3) is 5.91 Å². The van der Waals surface area contributed by atoms with Crippen molar-refractivity contribution >= 4 is 23.4 Å². The molecule has 0 radical (unpaired) electrons. The van der Waals surface area contributed by atoms with Crippen molar-refractivity contribution in [3.05, 3.63) is 64.2 Å². The number of amides is 2. The molecule has 0 fully saturated rings. The van der Waals surface area contributed by atoms with Crippen LogP contribution in [-0.4, -0.2) is 34.9 Å². The van der Waals surface area contributed by atoms with E-state index in [0.29, 0.717) is 23.7 Å². The van der Waals surface area contributed by atoms with Gasteiger partial charge in [0, 0.05) is 17.1 Å². The van der Waals surface area contributed by atoms with E-state index in [0.717, 1.165) is 16.7 Å². The Morgan fingerprint density at radius 3 is 2.32 bits per heavy atom. The molecule has 5 nitrogen and oxygen atoms in total. The van der Waals surface area contributed by atoms with Crippen molar-refractivity contribution in [1.29, 1.82) is 0 Å². The highest BCUT2D eigenvalue weighted by Gasteiger charge is 2.31. The van der Waals surface area contributed by atoms with Gasteiger partial charge in [0.15, 0.2) is 6.61 Å². The Bertz CT molecular complexity index is 904. The van der Waals surface area contributed by atoms with Crippen molar-refractivity contribution in [1.82, 2.24) is 10.2 Å². The Kier molecular flexibility index (Phi) is 8.52. The molecule has 1 atom stereocenters. The predicted molar refractivity (Wildman–Crippen MR) is 125 cm³/mol. The number of halogens is 1. The van der Waals surface area contributed by atoms with E-state index in [1.165, 1.54) is 0 Å². The van der Waals surface area contributed by atoms with Crippen molar-refractivity contribution in [2.24, 2.45) is 0 Å². The second-order valence-electron chi connectivity index (χ2n) is 8.80. The van der Waals surface area contributed by atoms with Crippen LogP contribution in [-0.2, 0) is 16.1 Å². The fraction of sp³-hybridized carbons (Fsp3) is 0.440. The summed E-state index contributed by atoms with van der Waals surface area (Å²) in [6, 6.07) is 12.4. The normalized spacial score (nSPS) is 12.2. The molecule has 1 unspecified atom stereocenters. The van der Waals surface area contributed by atoms with Gasteiger partial charge < -0.3 is 15.0 Å². The highest BCUT2D eigenvalue weighted by Crippen LogP contribution is 2.21. The van der Waals surface area contributed by atoms with E-state index in [1.54, 1.807) is 17.0 Å². The zero-order valence-corrected chi connectivity index (χ0v) is 20.0. The van der Waals surface area contributed by atoms with E-state index in [1.807, 2.05) is 71.9 Å². The van der Waals surface area contributed by atoms with Crippen LogP contribution in [0.5, 0.6) is 5.75 Å². The maximum atomic E-state index is 13.2. The summed E-state index contributed by atoms with van der Waals surface area (Å²) in [6.07, 6.45) is 0.491. The van der Waals surface area contributed by atoms with Crippen molar-refractivity contribution in [2.75, 3.05) is 6.61 Å². The number of benzene rings is 2. The molecule has 6 heteroatoms. The molecule has 0 aliphatic carbocycles. The minimum Gasteiger partial charge on any atom is -0.483 e. The van der Waals surface area contributed by atoms with Gasteiger partial charge in [-0.2, -0.15) is 0 Å². The maximum absolute atomic E-state index is 13.2. The Morgan fingerprint density at radius 1 is 1.10 bits per heavy atom. The molecule has 0 saturated heterocycles. The molecule has 0 bridgehead atoms. The highest BCUT2D eigenvalue weighted by atomic mass is 35.5. The number of hydrogen-bond donors (Lipinski definition) is 1. The molecule has 2 amide bonds. The minimum absolute atomic E-state index is 0.142. The molecule has 1 N–H and O–H groups in total. The van der Waals surface area contributed by atoms with Gasteiger partial charge in [-0.15, -0.1) is 0 Å². The van der Waals surface area contributed by atoms with Crippen molar-refractivity contribution < 1.29 is 14.3 Å². The van der Waals surface area contributed by atoms with Crippen LogP contribution < -0.4 is 10.1 Å². The number of rotatable bonds is 8. The molecule has 2 aromatic rings. The van der Waals surface area contributed by atoms with Crippen molar-refractivity contribution in [3.8, 4) is 5.75 Å². The Morgan fingerprint density at radius 2 is 1.74 bits per heavy atom. The SMILES string of the molecule is CCC(C(=O)NC(C)(C)C)N(Cc1ccc(Cl)cc1)C(=O)COc1cccc(C)c1C. The molecular weight excluding hydrogens is 412 g/mol. The first-order valence-electron chi connectivity index (χ1n) is 10.6. The number of aryl methyl sites for hydroxylation is 1. The highest BCUT2D eigenvalue weighted by molar-refractivity contribution is 6.30. The number of hydrogen-bond acceptors (Lipinski definition) is 3. The third kappa shape index (κ3) is 7.28. The van der Waals surface area contributed by atoms with Crippen LogP contribution in [0.3, 0.4) is 0 Å². The first kappa shape index (κ1) is 24.7. The first-order valence-corrected chi connectivity index (χ1v) is 10.9. The minimum atomic E-state index is -0.607. The van der Waals surface area contributed by atoms with E-state index in [9.17, 15) is 9.59 Å². The lowest BCUT2D eigenvalue weighted by atomic mass is 10.1. The standard InChI is InChI=1S/C25H33ClN2O3/c1-7-21(24(30)27-25(4,5)6)28(15-19-11-13-20(26)14-12-19)23(29)16-31-22-10-8-9-17(2)18(22)3/h8-14,21H,7,15-16H2,1-6H3,(H,27,30). The third-order valence-electron chi connectivity index (χ3n) is 5.06. The number of ether oxygens (including phenoxy) is 1. The van der Waals surface area contributed by atoms with Crippen LogP contribution >= 0.6 is 11.6 Å². The van der Waals surface area contributed by atoms with Crippen LogP contribution in [0, 0.1) is 13.8 Å². The molecule has 0 spiro atoms. The van der Waals surface area contributed by atoms with E-state index in [2.05, 4.69) is 5.32 Å². The summed E-state index contributed by atoms with van der Waals surface area (Å²) in [5, 5.41) is 3.62. The maximum Gasteiger partial charge on any atom is 0.261 e. The van der Waals surface area contributed by atoms with E-state index >= 15 is 0 Å². The van der Waals surface area contributed by atoms with Crippen LogP contribution in [0.1, 0.15) is 50.8 Å². The smallest absolute Gasteiger partial charge is 0.261 e. The molecule has 0 saturated carbocycles. The number of carbonyl (C=O) groups is 2. The Labute approximate surface area is 190 Å². The Balaban J connectivity index is 2.26. The lowest BCUT2D eigenvalue weighted by molar-refractivity contribution is -0.143. The fourth-order valence-corrected chi connectivity index (χ4v) is 3.39. The number of carbonyl (C=O) groups excluding carboxylic acids is 2. The summed E-state index contributed by atoms with van der Waals surface area (Å²) < 4.78 is 5.85. The van der Waals surface area contributed by atoms with Crippen molar-refractivity contribution in [2.45, 2.75) is 66.1 Å². The Hall–Kier alpha value is -2.53. The molecule has 2 aromatic carbocycles. The average Bonchev–Trinajstić information content (AvgIpc) is 2.69. The molecular formula is C25H33ClN2O3. The topological polar surface area (TPSA) is 58.6 Å². The summed E-state index contributed by atoms with van der Waals surface area (Å²) in [6.45, 7) is 11.8. The van der Waals surface area contributed by atoms with Crippen molar-refractivity contribution in [3.63, 3.8) is 0 Å². The summed E-state index contributed by atoms with van der Waals surface area (Å²) in [7, 11) is 0. The second kappa shape index (κ2) is 10.7. The van der Waals surface area contributed by atoms with Gasteiger partial charge in [-0.25, -0.2) is 0 Å². The van der Waals surface area contributed by atoms with Gasteiger partial charge in [-0.3, -0.25) is 9.59 Å². The molecule has 0 aliphatic heterocycles. The third-order valence-corrected chi connectivity index (χ3v) is 5.31. The van der Waals surface area contributed by atoms with Gasteiger partial charge >= 0.3 is 0 Å². The van der Waals surface area contributed by atoms with Gasteiger partial charge in [0.2, 0.25) is 5.91 Å². The van der Waals surface area contributed by atoms with E-state index in [-0.39, 0.29) is 18.4 Å². The lowest BCUT2D eigenvalue weighted by Gasteiger charge is -2.33. The summed E-state index contributed by atoms with van der Waals surface area (Å²) in [5.41, 5.74) is 2.59. The van der Waals surface area contributed by atoms with Gasteiger partial charge in [-0.1, -0.05) is 42.8 Å². The van der Waals surface area contributed by atoms with Crippen LogP contribution in [0.25, 0.3) is 0 Å². The average molecular weight is 445 g/mol. The molecule has 0 aliphatic rings. The first-order chi connectivity index (χ1) is 14.5. The largest absolute Gasteiger partial charge is 0.483 e. The monoisotopic (exact) mass is 444 g/mol. The van der Waals surface area contributed by atoms with Crippen LogP contribution in [0.2, 0.25) is 5.02 Å². The summed E-state index contributed by atoms with van der Waals surface area (Å²) in [4.78, 5) is 27.8. The zero-order chi connectivity index (χ0) is 23.2. The van der Waals surface area contributed by atoms with Gasteiger partial charge in [-0.05, 0) is 75.9 Å². The van der Waals surface area contributed by atoms with Gasteiger partial charge in [0.1, 0.15) is 11.8 Å². The summed E-state index contributed by atoms with van der Waals surface area (Å²) in [5.74, 6) is 0.253. The fourth-order valence-electron chi connectivity index (χ4n) is 3.26. The molecule has 0 heterocycles. The number of nitrogens with one attached hydrogen (secondary N) is 1. The van der Waals surface area contributed by atoms with Crippen LogP contribution in [0.15, 0.2) is 42.5 Å². The number of nitrogens with zero attached hydrogens (tertiary/aromatic N) is 1. The van der Waals surface area contributed by atoms with Gasteiger partial charge in [0.05, 0.1) is 0 Å². The van der Waals surface area contributed by atoms with E-state index < -0.39 is 11.6 Å². The second-order valence-corrected chi connectivity index (χ2v) is 9.23. The van der Waals surface area contributed by atoms with E-state index in [4.69, 9.17) is 16.3 Å². The molecule has 31 heavy (non-hydrogen) atoms.